The van der Waals surface area contributed by atoms with Gasteiger partial charge < -0.3 is 5.32 Å². The van der Waals surface area contributed by atoms with Crippen molar-refractivity contribution in [3.63, 3.8) is 0 Å². The van der Waals surface area contributed by atoms with E-state index in [4.69, 9.17) is 23.2 Å². The van der Waals surface area contributed by atoms with Gasteiger partial charge >= 0.3 is 0 Å². The summed E-state index contributed by atoms with van der Waals surface area (Å²) in [6, 6.07) is 9.85. The Kier molecular flexibility index (Phi) is 6.04. The number of aromatic nitrogens is 1. The summed E-state index contributed by atoms with van der Waals surface area (Å²) >= 11 is 12.4. The van der Waals surface area contributed by atoms with E-state index in [0.29, 0.717) is 5.02 Å². The molecule has 4 heteroatoms. The molecule has 0 aliphatic carbocycles. The Morgan fingerprint density at radius 2 is 2.00 bits per heavy atom. The summed E-state index contributed by atoms with van der Waals surface area (Å²) in [5.74, 6) is 0. The van der Waals surface area contributed by atoms with Gasteiger partial charge in [0.05, 0.1) is 11.7 Å². The zero-order valence-electron chi connectivity index (χ0n) is 12.4. The molecule has 0 saturated carbocycles. The first-order chi connectivity index (χ1) is 10.1. The zero-order valence-corrected chi connectivity index (χ0v) is 13.9. The van der Waals surface area contributed by atoms with Crippen molar-refractivity contribution < 1.29 is 0 Å². The molecule has 0 fully saturated rings. The molecule has 0 saturated heterocycles. The smallest absolute Gasteiger partial charge is 0.0579 e. The van der Waals surface area contributed by atoms with Crippen LogP contribution in [0.4, 0.5) is 0 Å². The summed E-state index contributed by atoms with van der Waals surface area (Å²) in [7, 11) is 0. The third kappa shape index (κ3) is 4.70. The lowest BCUT2D eigenvalue weighted by molar-refractivity contribution is 0.517. The Balaban J connectivity index is 2.25. The molecule has 112 valence electrons. The highest BCUT2D eigenvalue weighted by atomic mass is 35.5. The van der Waals surface area contributed by atoms with Crippen LogP contribution in [0.3, 0.4) is 0 Å². The molecule has 1 aromatic heterocycles. The maximum atomic E-state index is 6.29. The van der Waals surface area contributed by atoms with Crippen molar-refractivity contribution in [1.29, 1.82) is 0 Å². The first kappa shape index (κ1) is 16.3. The second-order valence-corrected chi connectivity index (χ2v) is 6.05. The molecule has 1 aromatic carbocycles. The maximum Gasteiger partial charge on any atom is 0.0579 e. The lowest BCUT2D eigenvalue weighted by Crippen LogP contribution is -2.25. The molecule has 0 radical (unpaired) electrons. The van der Waals surface area contributed by atoms with Gasteiger partial charge in [-0.2, -0.15) is 0 Å². The van der Waals surface area contributed by atoms with E-state index in [2.05, 4.69) is 30.2 Å². The van der Waals surface area contributed by atoms with Gasteiger partial charge in [0.2, 0.25) is 0 Å². The second kappa shape index (κ2) is 7.79. The Hall–Kier alpha value is -1.09. The van der Waals surface area contributed by atoms with Crippen LogP contribution in [0.2, 0.25) is 10.0 Å². The summed E-state index contributed by atoms with van der Waals surface area (Å²) in [4.78, 5) is 4.50. The SMILES string of the molecule is CCCNC(Cc1cc(Cl)ccc1Cl)c1cc(C)ccn1. The molecule has 0 spiro atoms. The van der Waals surface area contributed by atoms with Crippen LogP contribution in [-0.2, 0) is 6.42 Å². The van der Waals surface area contributed by atoms with Crippen LogP contribution in [0.15, 0.2) is 36.5 Å². The number of nitrogens with one attached hydrogen (secondary N) is 1. The lowest BCUT2D eigenvalue weighted by Gasteiger charge is -2.19. The van der Waals surface area contributed by atoms with Gasteiger partial charge in [-0.25, -0.2) is 0 Å². The predicted molar refractivity (Wildman–Crippen MR) is 90.2 cm³/mol. The van der Waals surface area contributed by atoms with Crippen molar-refractivity contribution in [2.75, 3.05) is 6.54 Å². The summed E-state index contributed by atoms with van der Waals surface area (Å²) in [5.41, 5.74) is 3.29. The molecule has 1 N–H and O–H groups in total. The number of hydrogen-bond donors (Lipinski definition) is 1. The molecule has 1 unspecified atom stereocenters. The van der Waals surface area contributed by atoms with Crippen LogP contribution in [0.5, 0.6) is 0 Å². The lowest BCUT2D eigenvalue weighted by atomic mass is 10.0. The van der Waals surface area contributed by atoms with Crippen molar-refractivity contribution in [1.82, 2.24) is 10.3 Å². The summed E-state index contributed by atoms with van der Waals surface area (Å²) in [6.45, 7) is 5.17. The summed E-state index contributed by atoms with van der Waals surface area (Å²) in [5, 5.41) is 5.00. The molecular weight excluding hydrogens is 303 g/mol. The maximum absolute atomic E-state index is 6.29. The van der Waals surface area contributed by atoms with Crippen LogP contribution in [0, 0.1) is 6.92 Å². The van der Waals surface area contributed by atoms with Gasteiger partial charge in [-0.05, 0) is 67.8 Å². The van der Waals surface area contributed by atoms with Gasteiger partial charge in [-0.1, -0.05) is 30.1 Å². The van der Waals surface area contributed by atoms with E-state index >= 15 is 0 Å². The standard InChI is InChI=1S/C17H20Cl2N2/c1-3-7-20-17(16-9-12(2)6-8-21-16)11-13-10-14(18)4-5-15(13)19/h4-6,8-10,17,20H,3,7,11H2,1-2H3. The Morgan fingerprint density at radius 3 is 2.71 bits per heavy atom. The molecule has 0 aliphatic heterocycles. The highest BCUT2D eigenvalue weighted by Gasteiger charge is 2.15. The number of nitrogens with zero attached hydrogens (tertiary/aromatic N) is 1. The van der Waals surface area contributed by atoms with Crippen molar-refractivity contribution >= 4 is 23.2 Å². The number of pyridine rings is 1. The van der Waals surface area contributed by atoms with E-state index in [1.165, 1.54) is 5.56 Å². The highest BCUT2D eigenvalue weighted by Crippen LogP contribution is 2.26. The van der Waals surface area contributed by atoms with Crippen molar-refractivity contribution in [2.24, 2.45) is 0 Å². The van der Waals surface area contributed by atoms with Crippen molar-refractivity contribution in [3.8, 4) is 0 Å². The van der Waals surface area contributed by atoms with Gasteiger partial charge in [0.1, 0.15) is 0 Å². The number of halogens is 2. The van der Waals surface area contributed by atoms with Crippen LogP contribution in [0.1, 0.15) is 36.2 Å². The fourth-order valence-electron chi connectivity index (χ4n) is 2.27. The van der Waals surface area contributed by atoms with E-state index in [9.17, 15) is 0 Å². The summed E-state index contributed by atoms with van der Waals surface area (Å²) < 4.78 is 0. The third-order valence-corrected chi connectivity index (χ3v) is 3.97. The van der Waals surface area contributed by atoms with Crippen LogP contribution >= 0.6 is 23.2 Å². The van der Waals surface area contributed by atoms with Crippen LogP contribution in [-0.4, -0.2) is 11.5 Å². The van der Waals surface area contributed by atoms with Crippen LogP contribution in [0.25, 0.3) is 0 Å². The van der Waals surface area contributed by atoms with E-state index in [1.54, 1.807) is 0 Å². The van der Waals surface area contributed by atoms with Gasteiger partial charge in [-0.15, -0.1) is 0 Å². The monoisotopic (exact) mass is 322 g/mol. The number of rotatable bonds is 6. The topological polar surface area (TPSA) is 24.9 Å². The quantitative estimate of drug-likeness (QED) is 0.811. The second-order valence-electron chi connectivity index (χ2n) is 5.20. The Bertz CT molecular complexity index is 599. The van der Waals surface area contributed by atoms with E-state index in [0.717, 1.165) is 35.7 Å². The molecule has 21 heavy (non-hydrogen) atoms. The normalized spacial score (nSPS) is 12.4. The fraction of sp³-hybridized carbons (Fsp3) is 0.353. The van der Waals surface area contributed by atoms with E-state index in [1.807, 2.05) is 30.5 Å². The first-order valence-electron chi connectivity index (χ1n) is 7.20. The Labute approximate surface area is 136 Å². The average Bonchev–Trinajstić information content (AvgIpc) is 2.47. The van der Waals surface area contributed by atoms with E-state index < -0.39 is 0 Å². The predicted octanol–water partition coefficient (Wildman–Crippen LogP) is 4.98. The molecule has 0 amide bonds. The fourth-order valence-corrected chi connectivity index (χ4v) is 2.66. The number of aryl methyl sites for hydroxylation is 1. The summed E-state index contributed by atoms with van der Waals surface area (Å²) in [6.07, 6.45) is 3.70. The zero-order chi connectivity index (χ0) is 15.2. The molecule has 0 bridgehead atoms. The van der Waals surface area contributed by atoms with Gasteiger partial charge in [0.15, 0.2) is 0 Å². The highest BCUT2D eigenvalue weighted by molar-refractivity contribution is 6.33. The molecule has 2 aromatic rings. The molecule has 1 atom stereocenters. The number of hydrogen-bond acceptors (Lipinski definition) is 2. The largest absolute Gasteiger partial charge is 0.308 e. The molecule has 2 rings (SSSR count). The van der Waals surface area contributed by atoms with Crippen molar-refractivity contribution in [2.45, 2.75) is 32.7 Å². The Morgan fingerprint density at radius 1 is 1.19 bits per heavy atom. The third-order valence-electron chi connectivity index (χ3n) is 3.37. The van der Waals surface area contributed by atoms with E-state index in [-0.39, 0.29) is 6.04 Å². The van der Waals surface area contributed by atoms with Gasteiger partial charge in [0.25, 0.3) is 0 Å². The van der Waals surface area contributed by atoms with Crippen molar-refractivity contribution in [3.05, 3.63) is 63.4 Å². The first-order valence-corrected chi connectivity index (χ1v) is 7.95. The van der Waals surface area contributed by atoms with Crippen LogP contribution < -0.4 is 5.32 Å². The molecule has 0 aliphatic rings. The van der Waals surface area contributed by atoms with Gasteiger partial charge in [-0.3, -0.25) is 4.98 Å². The minimum atomic E-state index is 0.140. The molecule has 2 nitrogen and oxygen atoms in total. The molecular formula is C17H20Cl2N2. The average molecular weight is 323 g/mol. The minimum absolute atomic E-state index is 0.140. The molecule has 1 heterocycles. The minimum Gasteiger partial charge on any atom is -0.308 e. The van der Waals surface area contributed by atoms with Gasteiger partial charge in [0, 0.05) is 16.2 Å². The number of benzene rings is 1.